The van der Waals surface area contributed by atoms with Crippen molar-refractivity contribution in [1.29, 1.82) is 0 Å². The predicted molar refractivity (Wildman–Crippen MR) is 66.9 cm³/mol. The van der Waals surface area contributed by atoms with Crippen molar-refractivity contribution in [3.05, 3.63) is 24.3 Å². The zero-order valence-electron chi connectivity index (χ0n) is 10.1. The number of nitrogens with zero attached hydrogens (tertiary/aromatic N) is 1. The molecule has 0 aliphatic carbocycles. The van der Waals surface area contributed by atoms with Crippen molar-refractivity contribution in [2.45, 2.75) is 0 Å². The lowest BCUT2D eigenvalue weighted by atomic mass is 10.3. The fraction of sp³-hybridized carbons (Fsp3) is 0.417. The zero-order chi connectivity index (χ0) is 12.8. The number of nitrogen functional groups attached to an aromatic ring is 1. The van der Waals surface area contributed by atoms with Crippen molar-refractivity contribution in [3.8, 4) is 5.75 Å². The number of carbonyl (C=O) groups excluding carboxylic acids is 1. The van der Waals surface area contributed by atoms with E-state index in [0.717, 1.165) is 0 Å². The van der Waals surface area contributed by atoms with Gasteiger partial charge >= 0.3 is 0 Å². The predicted octanol–water partition coefficient (Wildman–Crippen LogP) is 0.0110. The van der Waals surface area contributed by atoms with Crippen LogP contribution in [-0.4, -0.2) is 43.8 Å². The number of morpholine rings is 1. The molecule has 0 aromatic heterocycles. The zero-order valence-corrected chi connectivity index (χ0v) is 10.1. The van der Waals surface area contributed by atoms with Crippen LogP contribution in [0, 0.1) is 0 Å². The number of benzene rings is 1. The summed E-state index contributed by atoms with van der Waals surface area (Å²) in [6, 6.07) is 6.99. The molecule has 0 radical (unpaired) electrons. The molecule has 0 bridgehead atoms. The van der Waals surface area contributed by atoms with E-state index < -0.39 is 0 Å². The number of ether oxygens (including phenoxy) is 2. The summed E-state index contributed by atoms with van der Waals surface area (Å²) in [6.07, 6.45) is 0. The molecule has 1 aliphatic heterocycles. The van der Waals surface area contributed by atoms with Crippen molar-refractivity contribution in [1.82, 2.24) is 10.4 Å². The summed E-state index contributed by atoms with van der Waals surface area (Å²) >= 11 is 0. The Morgan fingerprint density at radius 2 is 2.22 bits per heavy atom. The van der Waals surface area contributed by atoms with Gasteiger partial charge in [-0.05, 0) is 12.1 Å². The van der Waals surface area contributed by atoms with Crippen LogP contribution in [0.4, 0.5) is 5.69 Å². The molecule has 18 heavy (non-hydrogen) atoms. The van der Waals surface area contributed by atoms with Crippen LogP contribution in [0.3, 0.4) is 0 Å². The van der Waals surface area contributed by atoms with E-state index in [2.05, 4.69) is 5.43 Å². The van der Waals surface area contributed by atoms with Crippen molar-refractivity contribution in [2.24, 2.45) is 0 Å². The van der Waals surface area contributed by atoms with E-state index in [0.29, 0.717) is 37.7 Å². The highest BCUT2D eigenvalue weighted by Gasteiger charge is 2.13. The van der Waals surface area contributed by atoms with Crippen molar-refractivity contribution in [2.75, 3.05) is 38.6 Å². The summed E-state index contributed by atoms with van der Waals surface area (Å²) in [4.78, 5) is 11.6. The number of nitrogens with one attached hydrogen (secondary N) is 1. The van der Waals surface area contributed by atoms with Crippen LogP contribution in [0.1, 0.15) is 0 Å². The molecule has 0 saturated carbocycles. The highest BCUT2D eigenvalue weighted by Crippen LogP contribution is 2.13. The number of hydrogen-bond acceptors (Lipinski definition) is 5. The maximum Gasteiger partial charge on any atom is 0.272 e. The topological polar surface area (TPSA) is 76.8 Å². The molecule has 1 heterocycles. The summed E-state index contributed by atoms with van der Waals surface area (Å²) in [6.45, 7) is 2.64. The van der Waals surface area contributed by atoms with E-state index in [4.69, 9.17) is 15.2 Å². The molecule has 1 saturated heterocycles. The van der Waals surface area contributed by atoms with Gasteiger partial charge in [-0.1, -0.05) is 6.07 Å². The van der Waals surface area contributed by atoms with E-state index in [-0.39, 0.29) is 12.5 Å². The highest BCUT2D eigenvalue weighted by molar-refractivity contribution is 5.77. The Morgan fingerprint density at radius 1 is 1.44 bits per heavy atom. The Bertz CT molecular complexity index is 405. The van der Waals surface area contributed by atoms with E-state index in [1.807, 2.05) is 5.01 Å². The molecule has 1 amide bonds. The quantitative estimate of drug-likeness (QED) is 0.737. The number of amides is 1. The molecule has 1 fully saturated rings. The van der Waals surface area contributed by atoms with Gasteiger partial charge in [0.2, 0.25) is 0 Å². The monoisotopic (exact) mass is 251 g/mol. The molecule has 0 unspecified atom stereocenters. The summed E-state index contributed by atoms with van der Waals surface area (Å²) in [5.41, 5.74) is 8.99. The van der Waals surface area contributed by atoms with Crippen molar-refractivity contribution < 1.29 is 14.3 Å². The highest BCUT2D eigenvalue weighted by atomic mass is 16.5. The molecule has 98 valence electrons. The van der Waals surface area contributed by atoms with Gasteiger partial charge in [0.25, 0.3) is 5.91 Å². The third-order valence-electron chi connectivity index (χ3n) is 2.52. The fourth-order valence-corrected chi connectivity index (χ4v) is 1.64. The summed E-state index contributed by atoms with van der Waals surface area (Å²) in [5.74, 6) is 0.409. The first-order valence-corrected chi connectivity index (χ1v) is 5.84. The van der Waals surface area contributed by atoms with E-state index >= 15 is 0 Å². The van der Waals surface area contributed by atoms with Gasteiger partial charge < -0.3 is 15.2 Å². The minimum absolute atomic E-state index is 0.0270. The molecule has 2 rings (SSSR count). The van der Waals surface area contributed by atoms with E-state index in [1.165, 1.54) is 0 Å². The molecule has 6 heteroatoms. The number of nitrogens with two attached hydrogens (primary N) is 1. The van der Waals surface area contributed by atoms with Gasteiger partial charge in [-0.15, -0.1) is 0 Å². The Balaban J connectivity index is 1.74. The van der Waals surface area contributed by atoms with Crippen LogP contribution in [-0.2, 0) is 9.53 Å². The number of hydrazine groups is 1. The van der Waals surface area contributed by atoms with Crippen LogP contribution in [0.15, 0.2) is 24.3 Å². The molecule has 3 N–H and O–H groups in total. The Hall–Kier alpha value is -1.79. The van der Waals surface area contributed by atoms with Crippen LogP contribution < -0.4 is 15.9 Å². The smallest absolute Gasteiger partial charge is 0.272 e. The lowest BCUT2D eigenvalue weighted by molar-refractivity contribution is -0.130. The van der Waals surface area contributed by atoms with Gasteiger partial charge in [-0.2, -0.15) is 0 Å². The van der Waals surface area contributed by atoms with Crippen LogP contribution in [0.5, 0.6) is 5.75 Å². The molecule has 1 aliphatic rings. The van der Waals surface area contributed by atoms with Crippen LogP contribution in [0.25, 0.3) is 0 Å². The maximum atomic E-state index is 11.6. The third kappa shape index (κ3) is 3.90. The molecule has 0 spiro atoms. The summed E-state index contributed by atoms with van der Waals surface area (Å²) < 4.78 is 10.5. The molecule has 1 aromatic rings. The van der Waals surface area contributed by atoms with Gasteiger partial charge in [-0.3, -0.25) is 10.2 Å². The number of rotatable bonds is 4. The minimum Gasteiger partial charge on any atom is -0.484 e. The first kappa shape index (κ1) is 12.7. The number of carbonyl (C=O) groups is 1. The largest absolute Gasteiger partial charge is 0.484 e. The molecule has 6 nitrogen and oxygen atoms in total. The van der Waals surface area contributed by atoms with Gasteiger partial charge in [-0.25, -0.2) is 5.01 Å². The molecular weight excluding hydrogens is 234 g/mol. The second-order valence-corrected chi connectivity index (χ2v) is 4.00. The average Bonchev–Trinajstić information content (AvgIpc) is 2.38. The van der Waals surface area contributed by atoms with Gasteiger partial charge in [0.1, 0.15) is 5.75 Å². The third-order valence-corrected chi connectivity index (χ3v) is 2.52. The van der Waals surface area contributed by atoms with Crippen molar-refractivity contribution >= 4 is 11.6 Å². The Kier molecular flexibility index (Phi) is 4.38. The average molecular weight is 251 g/mol. The Labute approximate surface area is 106 Å². The van der Waals surface area contributed by atoms with Crippen LogP contribution in [0.2, 0.25) is 0 Å². The number of hydrogen-bond donors (Lipinski definition) is 2. The Morgan fingerprint density at radius 3 is 2.94 bits per heavy atom. The molecule has 0 atom stereocenters. The van der Waals surface area contributed by atoms with Crippen LogP contribution >= 0.6 is 0 Å². The minimum atomic E-state index is -0.181. The normalized spacial score (nSPS) is 16.2. The summed E-state index contributed by atoms with van der Waals surface area (Å²) in [7, 11) is 0. The van der Waals surface area contributed by atoms with Crippen molar-refractivity contribution in [3.63, 3.8) is 0 Å². The maximum absolute atomic E-state index is 11.6. The number of anilines is 1. The lowest BCUT2D eigenvalue weighted by Crippen LogP contribution is -2.49. The molecular formula is C12H17N3O3. The lowest BCUT2D eigenvalue weighted by Gasteiger charge is -2.26. The fourth-order valence-electron chi connectivity index (χ4n) is 1.64. The first-order chi connectivity index (χ1) is 8.74. The second-order valence-electron chi connectivity index (χ2n) is 4.00. The van der Waals surface area contributed by atoms with Gasteiger partial charge in [0.05, 0.1) is 13.2 Å². The first-order valence-electron chi connectivity index (χ1n) is 5.84. The standard InChI is InChI=1S/C12H17N3O3/c13-10-2-1-3-11(8-10)18-9-12(16)14-15-4-6-17-7-5-15/h1-3,8H,4-7,9,13H2,(H,14,16). The van der Waals surface area contributed by atoms with Gasteiger partial charge in [0.15, 0.2) is 6.61 Å². The molecule has 1 aromatic carbocycles. The van der Waals surface area contributed by atoms with E-state index in [9.17, 15) is 4.79 Å². The summed E-state index contributed by atoms with van der Waals surface area (Å²) in [5, 5.41) is 1.83. The SMILES string of the molecule is Nc1cccc(OCC(=O)NN2CCOCC2)c1. The van der Waals surface area contributed by atoms with E-state index in [1.54, 1.807) is 24.3 Å². The van der Waals surface area contributed by atoms with Gasteiger partial charge in [0, 0.05) is 24.8 Å². The second kappa shape index (κ2) is 6.23.